The van der Waals surface area contributed by atoms with Crippen molar-refractivity contribution in [3.63, 3.8) is 0 Å². The van der Waals surface area contributed by atoms with Gasteiger partial charge in [0.1, 0.15) is 5.75 Å². The van der Waals surface area contributed by atoms with E-state index in [0.717, 1.165) is 15.8 Å². The van der Waals surface area contributed by atoms with Crippen LogP contribution >= 0.6 is 15.9 Å². The summed E-state index contributed by atoms with van der Waals surface area (Å²) in [5.41, 5.74) is 7.88. The Morgan fingerprint density at radius 3 is 2.52 bits per heavy atom. The SMILES string of the molecule is COc1ccc(CN(C)C(=O)c2cc(Br)ccc2N)cc1. The maximum atomic E-state index is 12.4. The number of nitrogens with zero attached hydrogens (tertiary/aromatic N) is 1. The second-order valence-corrected chi connectivity index (χ2v) is 5.66. The molecule has 110 valence electrons. The average molecular weight is 349 g/mol. The van der Waals surface area contributed by atoms with E-state index in [-0.39, 0.29) is 5.91 Å². The zero-order valence-electron chi connectivity index (χ0n) is 12.0. The van der Waals surface area contributed by atoms with E-state index in [1.807, 2.05) is 30.3 Å². The number of benzene rings is 2. The van der Waals surface area contributed by atoms with Gasteiger partial charge in [-0.2, -0.15) is 0 Å². The predicted molar refractivity (Wildman–Crippen MR) is 87.3 cm³/mol. The van der Waals surface area contributed by atoms with Crippen molar-refractivity contribution in [2.75, 3.05) is 19.9 Å². The highest BCUT2D eigenvalue weighted by atomic mass is 79.9. The van der Waals surface area contributed by atoms with E-state index in [2.05, 4.69) is 15.9 Å². The number of ether oxygens (including phenoxy) is 1. The third kappa shape index (κ3) is 3.76. The van der Waals surface area contributed by atoms with Crippen molar-refractivity contribution in [2.45, 2.75) is 6.54 Å². The summed E-state index contributed by atoms with van der Waals surface area (Å²) in [6.45, 7) is 0.509. The van der Waals surface area contributed by atoms with Crippen LogP contribution in [0, 0.1) is 0 Å². The van der Waals surface area contributed by atoms with Crippen molar-refractivity contribution in [2.24, 2.45) is 0 Å². The Morgan fingerprint density at radius 1 is 1.24 bits per heavy atom. The number of halogens is 1. The van der Waals surface area contributed by atoms with Gasteiger partial charge < -0.3 is 15.4 Å². The van der Waals surface area contributed by atoms with E-state index in [1.54, 1.807) is 31.2 Å². The summed E-state index contributed by atoms with van der Waals surface area (Å²) < 4.78 is 5.95. The predicted octanol–water partition coefficient (Wildman–Crippen LogP) is 3.31. The first-order valence-electron chi connectivity index (χ1n) is 6.44. The molecular formula is C16H17BrN2O2. The molecule has 2 aromatic rings. The molecule has 0 aromatic heterocycles. The number of amides is 1. The van der Waals surface area contributed by atoms with E-state index in [4.69, 9.17) is 10.5 Å². The molecule has 0 saturated carbocycles. The Labute approximate surface area is 132 Å². The first-order chi connectivity index (χ1) is 10.0. The van der Waals surface area contributed by atoms with Crippen LogP contribution in [-0.2, 0) is 6.54 Å². The van der Waals surface area contributed by atoms with Crippen molar-refractivity contribution < 1.29 is 9.53 Å². The normalized spacial score (nSPS) is 10.2. The summed E-state index contributed by atoms with van der Waals surface area (Å²) in [7, 11) is 3.38. The summed E-state index contributed by atoms with van der Waals surface area (Å²) in [5.74, 6) is 0.689. The third-order valence-corrected chi connectivity index (χ3v) is 3.66. The van der Waals surface area contributed by atoms with E-state index in [1.165, 1.54) is 0 Å². The van der Waals surface area contributed by atoms with Gasteiger partial charge in [-0.15, -0.1) is 0 Å². The summed E-state index contributed by atoms with van der Waals surface area (Å²) >= 11 is 3.36. The molecule has 0 aliphatic heterocycles. The fraction of sp³-hybridized carbons (Fsp3) is 0.188. The largest absolute Gasteiger partial charge is 0.497 e. The number of carbonyl (C=O) groups is 1. The van der Waals surface area contributed by atoms with Gasteiger partial charge in [-0.3, -0.25) is 4.79 Å². The molecule has 21 heavy (non-hydrogen) atoms. The minimum Gasteiger partial charge on any atom is -0.497 e. The number of anilines is 1. The van der Waals surface area contributed by atoms with Crippen LogP contribution in [0.4, 0.5) is 5.69 Å². The second kappa shape index (κ2) is 6.63. The van der Waals surface area contributed by atoms with E-state index in [9.17, 15) is 4.79 Å². The molecule has 1 amide bonds. The zero-order valence-corrected chi connectivity index (χ0v) is 13.6. The van der Waals surface area contributed by atoms with Gasteiger partial charge in [0, 0.05) is 23.8 Å². The second-order valence-electron chi connectivity index (χ2n) is 4.74. The third-order valence-electron chi connectivity index (χ3n) is 3.17. The fourth-order valence-corrected chi connectivity index (χ4v) is 2.36. The lowest BCUT2D eigenvalue weighted by molar-refractivity contribution is 0.0786. The Kier molecular flexibility index (Phi) is 4.85. The summed E-state index contributed by atoms with van der Waals surface area (Å²) in [5, 5.41) is 0. The average Bonchev–Trinajstić information content (AvgIpc) is 2.49. The Balaban J connectivity index is 2.13. The van der Waals surface area contributed by atoms with Crippen molar-refractivity contribution in [3.8, 4) is 5.75 Å². The number of hydrogen-bond donors (Lipinski definition) is 1. The minimum atomic E-state index is -0.107. The van der Waals surface area contributed by atoms with Gasteiger partial charge in [-0.25, -0.2) is 0 Å². The highest BCUT2D eigenvalue weighted by Gasteiger charge is 2.15. The highest BCUT2D eigenvalue weighted by molar-refractivity contribution is 9.10. The minimum absolute atomic E-state index is 0.107. The van der Waals surface area contributed by atoms with Crippen LogP contribution in [0.1, 0.15) is 15.9 Å². The monoisotopic (exact) mass is 348 g/mol. The van der Waals surface area contributed by atoms with Crippen LogP contribution in [0.3, 0.4) is 0 Å². The maximum Gasteiger partial charge on any atom is 0.256 e. The molecule has 0 aliphatic rings. The molecule has 0 atom stereocenters. The lowest BCUT2D eigenvalue weighted by Crippen LogP contribution is -2.27. The van der Waals surface area contributed by atoms with Crippen molar-refractivity contribution >= 4 is 27.5 Å². The van der Waals surface area contributed by atoms with Gasteiger partial charge in [-0.1, -0.05) is 28.1 Å². The van der Waals surface area contributed by atoms with Gasteiger partial charge in [0.15, 0.2) is 0 Å². The molecule has 0 unspecified atom stereocenters. The van der Waals surface area contributed by atoms with Gasteiger partial charge in [-0.05, 0) is 35.9 Å². The number of carbonyl (C=O) groups excluding carboxylic acids is 1. The van der Waals surface area contributed by atoms with E-state index in [0.29, 0.717) is 17.8 Å². The van der Waals surface area contributed by atoms with Gasteiger partial charge in [0.05, 0.1) is 12.7 Å². The Bertz CT molecular complexity index is 641. The van der Waals surface area contributed by atoms with E-state index >= 15 is 0 Å². The Morgan fingerprint density at radius 2 is 1.90 bits per heavy atom. The molecule has 2 N–H and O–H groups in total. The summed E-state index contributed by atoms with van der Waals surface area (Å²) in [4.78, 5) is 14.1. The molecule has 0 heterocycles. The lowest BCUT2D eigenvalue weighted by atomic mass is 10.1. The first kappa shape index (κ1) is 15.4. The molecule has 0 radical (unpaired) electrons. The molecule has 0 saturated heterocycles. The van der Waals surface area contributed by atoms with Crippen molar-refractivity contribution in [1.29, 1.82) is 0 Å². The molecule has 0 spiro atoms. The molecule has 2 rings (SSSR count). The number of nitrogen functional groups attached to an aromatic ring is 1. The number of methoxy groups -OCH3 is 1. The van der Waals surface area contributed by atoms with Crippen LogP contribution in [0.5, 0.6) is 5.75 Å². The zero-order chi connectivity index (χ0) is 15.4. The maximum absolute atomic E-state index is 12.4. The molecule has 0 aliphatic carbocycles. The van der Waals surface area contributed by atoms with Gasteiger partial charge in [0.25, 0.3) is 5.91 Å². The van der Waals surface area contributed by atoms with Crippen LogP contribution in [-0.4, -0.2) is 25.0 Å². The quantitative estimate of drug-likeness (QED) is 0.862. The Hall–Kier alpha value is -2.01. The molecule has 0 bridgehead atoms. The van der Waals surface area contributed by atoms with E-state index < -0.39 is 0 Å². The first-order valence-corrected chi connectivity index (χ1v) is 7.24. The fourth-order valence-electron chi connectivity index (χ4n) is 2.00. The van der Waals surface area contributed by atoms with Crippen molar-refractivity contribution in [1.82, 2.24) is 4.90 Å². The van der Waals surface area contributed by atoms with Crippen molar-refractivity contribution in [3.05, 3.63) is 58.1 Å². The summed E-state index contributed by atoms with van der Waals surface area (Å²) in [6.07, 6.45) is 0. The topological polar surface area (TPSA) is 55.6 Å². The summed E-state index contributed by atoms with van der Waals surface area (Å²) in [6, 6.07) is 12.9. The highest BCUT2D eigenvalue weighted by Crippen LogP contribution is 2.21. The number of nitrogens with two attached hydrogens (primary N) is 1. The molecule has 5 heteroatoms. The molecular weight excluding hydrogens is 332 g/mol. The van der Waals surface area contributed by atoms with Crippen LogP contribution in [0.2, 0.25) is 0 Å². The van der Waals surface area contributed by atoms with Crippen LogP contribution in [0.25, 0.3) is 0 Å². The molecule has 2 aromatic carbocycles. The van der Waals surface area contributed by atoms with Crippen LogP contribution < -0.4 is 10.5 Å². The molecule has 0 fully saturated rings. The molecule has 4 nitrogen and oxygen atoms in total. The van der Waals surface area contributed by atoms with Gasteiger partial charge in [0.2, 0.25) is 0 Å². The number of hydrogen-bond acceptors (Lipinski definition) is 3. The standard InChI is InChI=1S/C16H17BrN2O2/c1-19(10-11-3-6-13(21-2)7-4-11)16(20)14-9-12(17)5-8-15(14)18/h3-9H,10,18H2,1-2H3. The van der Waals surface area contributed by atoms with Crippen LogP contribution in [0.15, 0.2) is 46.9 Å². The smallest absolute Gasteiger partial charge is 0.256 e. The number of rotatable bonds is 4. The van der Waals surface area contributed by atoms with Gasteiger partial charge >= 0.3 is 0 Å². The lowest BCUT2D eigenvalue weighted by Gasteiger charge is -2.18.